The summed E-state index contributed by atoms with van der Waals surface area (Å²) in [6.07, 6.45) is 2.35. The van der Waals surface area contributed by atoms with E-state index in [4.69, 9.17) is 0 Å². The zero-order valence-electron chi connectivity index (χ0n) is 5.58. The van der Waals surface area contributed by atoms with Crippen molar-refractivity contribution in [3.8, 4) is 0 Å². The van der Waals surface area contributed by atoms with E-state index in [1.54, 1.807) is 0 Å². The highest BCUT2D eigenvalue weighted by Crippen LogP contribution is 2.26. The van der Waals surface area contributed by atoms with Crippen LogP contribution < -0.4 is 0 Å². The average molecular weight is 127 g/mol. The second kappa shape index (κ2) is 1.96. The van der Waals surface area contributed by atoms with Crippen LogP contribution >= 0.6 is 0 Å². The fourth-order valence-electron chi connectivity index (χ4n) is 2.03. The zero-order valence-corrected chi connectivity index (χ0v) is 5.58. The van der Waals surface area contributed by atoms with E-state index in [1.807, 2.05) is 0 Å². The number of nitrogens with zero attached hydrogens (tertiary/aromatic N) is 1. The standard InChI is InChI=1S/C7H13NO/c9-7-3-6-1-2-8(4-6)5-7/h6-7,9H,1-5H2/t6-,7-/m1/s1. The Hall–Kier alpha value is -0.0800. The van der Waals surface area contributed by atoms with Crippen LogP contribution in [0.5, 0.6) is 0 Å². The maximum atomic E-state index is 9.25. The Labute approximate surface area is 55.5 Å². The summed E-state index contributed by atoms with van der Waals surface area (Å²) < 4.78 is 0. The number of aliphatic hydroxyl groups is 1. The molecule has 0 spiro atoms. The van der Waals surface area contributed by atoms with Gasteiger partial charge in [0, 0.05) is 13.1 Å². The van der Waals surface area contributed by atoms with Crippen molar-refractivity contribution < 1.29 is 5.11 Å². The molecule has 0 amide bonds. The molecule has 2 aliphatic heterocycles. The molecule has 2 bridgehead atoms. The van der Waals surface area contributed by atoms with Crippen LogP contribution in [-0.2, 0) is 0 Å². The van der Waals surface area contributed by atoms with Crippen LogP contribution in [0.3, 0.4) is 0 Å². The summed E-state index contributed by atoms with van der Waals surface area (Å²) in [5, 5.41) is 9.25. The van der Waals surface area contributed by atoms with Crippen LogP contribution in [0, 0.1) is 5.92 Å². The van der Waals surface area contributed by atoms with Crippen LogP contribution in [-0.4, -0.2) is 35.7 Å². The summed E-state index contributed by atoms with van der Waals surface area (Å²) in [5.41, 5.74) is 0. The third kappa shape index (κ3) is 0.970. The van der Waals surface area contributed by atoms with Gasteiger partial charge in [-0.05, 0) is 25.3 Å². The number of hydrogen-bond donors (Lipinski definition) is 1. The Balaban J connectivity index is 2.03. The van der Waals surface area contributed by atoms with Crippen molar-refractivity contribution in [2.45, 2.75) is 18.9 Å². The first-order chi connectivity index (χ1) is 4.34. The molecule has 2 saturated heterocycles. The van der Waals surface area contributed by atoms with Crippen molar-refractivity contribution in [1.82, 2.24) is 4.90 Å². The van der Waals surface area contributed by atoms with Gasteiger partial charge in [-0.25, -0.2) is 0 Å². The molecule has 0 aromatic heterocycles. The Bertz CT molecular complexity index is 103. The molecule has 3 atom stereocenters. The second-order valence-corrected chi connectivity index (χ2v) is 3.30. The Morgan fingerprint density at radius 1 is 1.33 bits per heavy atom. The molecule has 0 radical (unpaired) electrons. The molecular formula is C7H13NO. The van der Waals surface area contributed by atoms with E-state index < -0.39 is 0 Å². The van der Waals surface area contributed by atoms with E-state index in [0.29, 0.717) is 0 Å². The fourth-order valence-corrected chi connectivity index (χ4v) is 2.03. The van der Waals surface area contributed by atoms with Gasteiger partial charge in [0.05, 0.1) is 6.10 Å². The van der Waals surface area contributed by atoms with Crippen LogP contribution in [0.15, 0.2) is 0 Å². The minimum Gasteiger partial charge on any atom is -0.392 e. The second-order valence-electron chi connectivity index (χ2n) is 3.30. The van der Waals surface area contributed by atoms with Gasteiger partial charge in [-0.3, -0.25) is 0 Å². The number of fused-ring (bicyclic) bond motifs is 2. The van der Waals surface area contributed by atoms with Gasteiger partial charge >= 0.3 is 0 Å². The smallest absolute Gasteiger partial charge is 0.0670 e. The summed E-state index contributed by atoms with van der Waals surface area (Å²) in [7, 11) is 0. The predicted octanol–water partition coefficient (Wildman–Crippen LogP) is 0.0729. The number of rotatable bonds is 0. The van der Waals surface area contributed by atoms with Crippen LogP contribution in [0.2, 0.25) is 0 Å². The minimum atomic E-state index is -0.0220. The Morgan fingerprint density at radius 2 is 2.22 bits per heavy atom. The first kappa shape index (κ1) is 5.69. The van der Waals surface area contributed by atoms with Crippen LogP contribution in [0.1, 0.15) is 12.8 Å². The lowest BCUT2D eigenvalue weighted by Crippen LogP contribution is -2.36. The molecule has 2 fully saturated rings. The topological polar surface area (TPSA) is 23.5 Å². The molecule has 2 rings (SSSR count). The van der Waals surface area contributed by atoms with E-state index in [9.17, 15) is 5.11 Å². The molecule has 2 aliphatic rings. The van der Waals surface area contributed by atoms with Crippen molar-refractivity contribution in [2.75, 3.05) is 19.6 Å². The first-order valence-corrected chi connectivity index (χ1v) is 3.75. The number of aliphatic hydroxyl groups excluding tert-OH is 1. The molecule has 0 aromatic rings. The molecule has 0 aliphatic carbocycles. The molecule has 1 unspecified atom stereocenters. The van der Waals surface area contributed by atoms with Crippen molar-refractivity contribution in [3.63, 3.8) is 0 Å². The molecular weight excluding hydrogens is 114 g/mol. The predicted molar refractivity (Wildman–Crippen MR) is 35.2 cm³/mol. The highest BCUT2D eigenvalue weighted by molar-refractivity contribution is 4.84. The summed E-state index contributed by atoms with van der Waals surface area (Å²) in [4.78, 5) is 2.36. The number of piperidine rings is 1. The SMILES string of the molecule is O[C@@H]1C[C@H]2CCN(C1)C2. The number of hydrogen-bond acceptors (Lipinski definition) is 2. The molecule has 2 heteroatoms. The maximum Gasteiger partial charge on any atom is 0.0670 e. The van der Waals surface area contributed by atoms with Crippen molar-refractivity contribution in [3.05, 3.63) is 0 Å². The minimum absolute atomic E-state index is 0.0220. The van der Waals surface area contributed by atoms with E-state index in [2.05, 4.69) is 4.90 Å². The van der Waals surface area contributed by atoms with Crippen molar-refractivity contribution in [2.24, 2.45) is 5.92 Å². The summed E-state index contributed by atoms with van der Waals surface area (Å²) >= 11 is 0. The van der Waals surface area contributed by atoms with Gasteiger partial charge in [0.25, 0.3) is 0 Å². The summed E-state index contributed by atoms with van der Waals surface area (Å²) in [5.74, 6) is 0.814. The van der Waals surface area contributed by atoms with Crippen molar-refractivity contribution in [1.29, 1.82) is 0 Å². The normalized spacial score (nSPS) is 49.7. The highest BCUT2D eigenvalue weighted by Gasteiger charge is 2.30. The van der Waals surface area contributed by atoms with Gasteiger partial charge in [-0.1, -0.05) is 0 Å². The first-order valence-electron chi connectivity index (χ1n) is 3.75. The van der Waals surface area contributed by atoms with Gasteiger partial charge in [0.1, 0.15) is 0 Å². The molecule has 9 heavy (non-hydrogen) atoms. The zero-order chi connectivity index (χ0) is 6.27. The van der Waals surface area contributed by atoms with Gasteiger partial charge in [0.15, 0.2) is 0 Å². The van der Waals surface area contributed by atoms with Crippen LogP contribution in [0.25, 0.3) is 0 Å². The summed E-state index contributed by atoms with van der Waals surface area (Å²) in [6.45, 7) is 3.40. The fraction of sp³-hybridized carbons (Fsp3) is 1.00. The van der Waals surface area contributed by atoms with Crippen molar-refractivity contribution >= 4 is 0 Å². The van der Waals surface area contributed by atoms with E-state index in [1.165, 1.54) is 19.5 Å². The third-order valence-corrected chi connectivity index (χ3v) is 2.44. The maximum absolute atomic E-state index is 9.25. The van der Waals surface area contributed by atoms with E-state index in [0.717, 1.165) is 18.9 Å². The largest absolute Gasteiger partial charge is 0.392 e. The van der Waals surface area contributed by atoms with Crippen LogP contribution in [0.4, 0.5) is 0 Å². The molecule has 0 aromatic carbocycles. The monoisotopic (exact) mass is 127 g/mol. The lowest BCUT2D eigenvalue weighted by atomic mass is 9.99. The lowest BCUT2D eigenvalue weighted by molar-refractivity contribution is 0.0785. The quantitative estimate of drug-likeness (QED) is 0.498. The average Bonchev–Trinajstić information content (AvgIpc) is 2.11. The van der Waals surface area contributed by atoms with E-state index >= 15 is 0 Å². The Kier molecular flexibility index (Phi) is 1.24. The van der Waals surface area contributed by atoms with Gasteiger partial charge in [-0.15, -0.1) is 0 Å². The third-order valence-electron chi connectivity index (χ3n) is 2.44. The van der Waals surface area contributed by atoms with Gasteiger partial charge in [-0.2, -0.15) is 0 Å². The molecule has 2 nitrogen and oxygen atoms in total. The van der Waals surface area contributed by atoms with E-state index in [-0.39, 0.29) is 6.10 Å². The molecule has 52 valence electrons. The highest BCUT2D eigenvalue weighted by atomic mass is 16.3. The van der Waals surface area contributed by atoms with Gasteiger partial charge in [0.2, 0.25) is 0 Å². The molecule has 2 heterocycles. The Morgan fingerprint density at radius 3 is 3.00 bits per heavy atom. The molecule has 1 N–H and O–H groups in total. The lowest BCUT2D eigenvalue weighted by Gasteiger charge is -2.25. The molecule has 0 saturated carbocycles. The summed E-state index contributed by atoms with van der Waals surface area (Å²) in [6, 6.07) is 0. The van der Waals surface area contributed by atoms with Gasteiger partial charge < -0.3 is 10.0 Å².